The Labute approximate surface area is 212 Å². The number of aryl methyl sites for hydroxylation is 1. The lowest BCUT2D eigenvalue weighted by Crippen LogP contribution is -2.52. The number of thiophene rings is 1. The van der Waals surface area contributed by atoms with Gasteiger partial charge in [-0.25, -0.2) is 0 Å². The molecule has 9 heteroatoms. The fraction of sp³-hybridized carbons (Fsp3) is 0.577. The number of aromatic nitrogens is 1. The number of nitrogens with zero attached hydrogens (tertiary/aromatic N) is 4. The number of piperidine rings is 1. The van der Waals surface area contributed by atoms with Crippen LogP contribution in [0.2, 0.25) is 0 Å². The summed E-state index contributed by atoms with van der Waals surface area (Å²) in [4.78, 5) is 36.3. The first kappa shape index (κ1) is 25.8. The van der Waals surface area contributed by atoms with Crippen molar-refractivity contribution in [3.05, 3.63) is 52.0 Å². The van der Waals surface area contributed by atoms with Crippen LogP contribution in [0.5, 0.6) is 0 Å². The number of morpholine rings is 1. The normalized spacial score (nSPS) is 18.9. The molecule has 2 aromatic rings. The molecule has 35 heavy (non-hydrogen) atoms. The average Bonchev–Trinajstić information content (AvgIpc) is 3.40. The van der Waals surface area contributed by atoms with Crippen molar-refractivity contribution in [2.24, 2.45) is 5.73 Å². The van der Waals surface area contributed by atoms with Gasteiger partial charge in [-0.2, -0.15) is 11.3 Å². The summed E-state index contributed by atoms with van der Waals surface area (Å²) in [5.41, 5.74) is 8.01. The highest BCUT2D eigenvalue weighted by atomic mass is 32.1. The first-order chi connectivity index (χ1) is 17.0. The van der Waals surface area contributed by atoms with Crippen LogP contribution in [0.4, 0.5) is 0 Å². The fourth-order valence-corrected chi connectivity index (χ4v) is 5.73. The molecule has 0 bridgehead atoms. The number of amides is 2. The summed E-state index contributed by atoms with van der Waals surface area (Å²) in [6.07, 6.45) is 5.30. The van der Waals surface area contributed by atoms with E-state index in [1.807, 2.05) is 0 Å². The van der Waals surface area contributed by atoms with Gasteiger partial charge in [0.25, 0.3) is 5.91 Å². The average molecular weight is 500 g/mol. The molecule has 0 saturated carbocycles. The van der Waals surface area contributed by atoms with E-state index < -0.39 is 5.91 Å². The molecule has 4 heterocycles. The maximum Gasteiger partial charge on any atom is 0.250 e. The highest BCUT2D eigenvalue weighted by Crippen LogP contribution is 2.23. The highest BCUT2D eigenvalue weighted by Gasteiger charge is 2.30. The van der Waals surface area contributed by atoms with Crippen molar-refractivity contribution in [2.45, 2.75) is 51.2 Å². The zero-order valence-electron chi connectivity index (χ0n) is 20.6. The molecule has 0 radical (unpaired) electrons. The predicted octanol–water partition coefficient (Wildman–Crippen LogP) is 2.39. The SMILES string of the molecule is C[C@H](CCc1ncccc1C(N)=O)N1CCC(N(Cc2ccsc2)C(=O)CN2CCOCC2)CC1. The molecule has 8 nitrogen and oxygen atoms in total. The maximum atomic E-state index is 13.4. The Bertz CT molecular complexity index is 956. The molecule has 0 aromatic carbocycles. The van der Waals surface area contributed by atoms with Crippen LogP contribution in [0.15, 0.2) is 35.2 Å². The molecule has 190 valence electrons. The Kier molecular flexibility index (Phi) is 9.25. The number of primary amides is 1. The minimum absolute atomic E-state index is 0.221. The smallest absolute Gasteiger partial charge is 0.250 e. The lowest BCUT2D eigenvalue weighted by molar-refractivity contribution is -0.137. The summed E-state index contributed by atoms with van der Waals surface area (Å²) in [5, 5.41) is 4.22. The van der Waals surface area contributed by atoms with Crippen LogP contribution in [-0.4, -0.2) is 89.5 Å². The Morgan fingerprint density at radius 2 is 2.00 bits per heavy atom. The van der Waals surface area contributed by atoms with Crippen LogP contribution in [0.3, 0.4) is 0 Å². The van der Waals surface area contributed by atoms with Gasteiger partial charge in [-0.15, -0.1) is 0 Å². The lowest BCUT2D eigenvalue weighted by Gasteiger charge is -2.41. The largest absolute Gasteiger partial charge is 0.379 e. The number of carbonyl (C=O) groups excluding carboxylic acids is 2. The molecule has 2 aliphatic rings. The molecule has 2 fully saturated rings. The molecular weight excluding hydrogens is 462 g/mol. The number of hydrogen-bond donors (Lipinski definition) is 1. The number of hydrogen-bond acceptors (Lipinski definition) is 7. The lowest BCUT2D eigenvalue weighted by atomic mass is 9.98. The first-order valence-electron chi connectivity index (χ1n) is 12.6. The Balaban J connectivity index is 1.32. The van der Waals surface area contributed by atoms with E-state index in [0.29, 0.717) is 37.9 Å². The van der Waals surface area contributed by atoms with E-state index in [4.69, 9.17) is 10.5 Å². The molecule has 2 aromatic heterocycles. The van der Waals surface area contributed by atoms with Crippen LogP contribution in [0, 0.1) is 0 Å². The van der Waals surface area contributed by atoms with Crippen molar-refractivity contribution in [1.82, 2.24) is 19.7 Å². The Morgan fingerprint density at radius 3 is 2.69 bits per heavy atom. The van der Waals surface area contributed by atoms with Gasteiger partial charge >= 0.3 is 0 Å². The van der Waals surface area contributed by atoms with Gasteiger partial charge in [-0.1, -0.05) is 0 Å². The monoisotopic (exact) mass is 499 g/mol. The topological polar surface area (TPSA) is 92.0 Å². The minimum atomic E-state index is -0.422. The number of rotatable bonds is 10. The van der Waals surface area contributed by atoms with Gasteiger partial charge in [0.15, 0.2) is 0 Å². The van der Waals surface area contributed by atoms with Crippen LogP contribution in [0.25, 0.3) is 0 Å². The van der Waals surface area contributed by atoms with E-state index in [1.54, 1.807) is 29.7 Å². The standard InChI is InChI=1S/C26H37N5O3S/c1-20(4-5-24-23(26(27)33)3-2-9-28-24)30-10-6-22(7-11-30)31(17-21-8-16-35-19-21)25(32)18-29-12-14-34-15-13-29/h2-3,8-9,16,19-20,22H,4-7,10-15,17-18H2,1H3,(H2,27,33)/t20-/m1/s1. The van der Waals surface area contributed by atoms with Crippen molar-refractivity contribution in [2.75, 3.05) is 45.9 Å². The quantitative estimate of drug-likeness (QED) is 0.540. The molecule has 2 N–H and O–H groups in total. The van der Waals surface area contributed by atoms with Gasteiger partial charge in [0.05, 0.1) is 31.0 Å². The molecular formula is C26H37N5O3S. The van der Waals surface area contributed by atoms with Crippen LogP contribution < -0.4 is 5.73 Å². The Morgan fingerprint density at radius 1 is 1.23 bits per heavy atom. The summed E-state index contributed by atoms with van der Waals surface area (Å²) in [5.74, 6) is -0.201. The van der Waals surface area contributed by atoms with Crippen molar-refractivity contribution in [1.29, 1.82) is 0 Å². The summed E-state index contributed by atoms with van der Waals surface area (Å²) in [6.45, 7) is 8.35. The highest BCUT2D eigenvalue weighted by molar-refractivity contribution is 7.07. The number of carbonyl (C=O) groups is 2. The zero-order chi connectivity index (χ0) is 24.6. The van der Waals surface area contributed by atoms with E-state index in [2.05, 4.69) is 43.4 Å². The summed E-state index contributed by atoms with van der Waals surface area (Å²) < 4.78 is 5.45. The van der Waals surface area contributed by atoms with Crippen molar-refractivity contribution in [3.8, 4) is 0 Å². The van der Waals surface area contributed by atoms with Crippen LogP contribution in [-0.2, 0) is 22.5 Å². The third-order valence-corrected chi connectivity index (χ3v) is 7.97. The number of nitrogens with two attached hydrogens (primary N) is 1. The van der Waals surface area contributed by atoms with Gasteiger partial charge in [0.2, 0.25) is 5.91 Å². The van der Waals surface area contributed by atoms with Crippen LogP contribution in [0.1, 0.15) is 47.8 Å². The minimum Gasteiger partial charge on any atom is -0.379 e. The number of pyridine rings is 1. The van der Waals surface area contributed by atoms with Gasteiger partial charge in [0.1, 0.15) is 0 Å². The predicted molar refractivity (Wildman–Crippen MR) is 137 cm³/mol. The Hall–Kier alpha value is -2.33. The number of ether oxygens (including phenoxy) is 1. The molecule has 0 aliphatic carbocycles. The number of likely N-dealkylation sites (tertiary alicyclic amines) is 1. The second-order valence-electron chi connectivity index (χ2n) is 9.56. The summed E-state index contributed by atoms with van der Waals surface area (Å²) >= 11 is 1.68. The third-order valence-electron chi connectivity index (χ3n) is 7.23. The molecule has 0 spiro atoms. The molecule has 1 atom stereocenters. The molecule has 0 unspecified atom stereocenters. The van der Waals surface area contributed by atoms with Gasteiger partial charge in [-0.05, 0) is 67.1 Å². The molecule has 2 amide bonds. The third kappa shape index (κ3) is 7.10. The first-order valence-corrected chi connectivity index (χ1v) is 13.5. The second-order valence-corrected chi connectivity index (χ2v) is 10.3. The molecule has 4 rings (SSSR count). The zero-order valence-corrected chi connectivity index (χ0v) is 21.4. The second kappa shape index (κ2) is 12.6. The summed E-state index contributed by atoms with van der Waals surface area (Å²) in [6, 6.07) is 6.24. The van der Waals surface area contributed by atoms with Gasteiger partial charge in [-0.3, -0.25) is 19.5 Å². The van der Waals surface area contributed by atoms with Gasteiger partial charge < -0.3 is 20.3 Å². The van der Waals surface area contributed by atoms with Crippen molar-refractivity contribution in [3.63, 3.8) is 0 Å². The van der Waals surface area contributed by atoms with Crippen molar-refractivity contribution >= 4 is 23.2 Å². The van der Waals surface area contributed by atoms with E-state index in [1.165, 1.54) is 5.56 Å². The van der Waals surface area contributed by atoms with E-state index in [-0.39, 0.29) is 11.9 Å². The van der Waals surface area contributed by atoms with E-state index in [9.17, 15) is 9.59 Å². The van der Waals surface area contributed by atoms with Gasteiger partial charge in [0, 0.05) is 51.0 Å². The van der Waals surface area contributed by atoms with E-state index >= 15 is 0 Å². The molecule has 2 saturated heterocycles. The summed E-state index contributed by atoms with van der Waals surface area (Å²) in [7, 11) is 0. The van der Waals surface area contributed by atoms with E-state index in [0.717, 1.165) is 57.6 Å². The van der Waals surface area contributed by atoms with Crippen molar-refractivity contribution < 1.29 is 14.3 Å². The fourth-order valence-electron chi connectivity index (χ4n) is 5.07. The van der Waals surface area contributed by atoms with Crippen LogP contribution >= 0.6 is 11.3 Å². The molecule has 2 aliphatic heterocycles. The maximum absolute atomic E-state index is 13.4.